The predicted molar refractivity (Wildman–Crippen MR) is 143 cm³/mol. The van der Waals surface area contributed by atoms with E-state index in [1.807, 2.05) is 55.0 Å². The Bertz CT molecular complexity index is 1240. The number of para-hydroxylation sites is 1. The zero-order valence-electron chi connectivity index (χ0n) is 20.5. The topological polar surface area (TPSA) is 51.7 Å². The van der Waals surface area contributed by atoms with E-state index in [0.717, 1.165) is 36.4 Å². The van der Waals surface area contributed by atoms with Crippen molar-refractivity contribution in [3.8, 4) is 5.75 Å². The molecule has 1 aromatic heterocycles. The second kappa shape index (κ2) is 11.5. The summed E-state index contributed by atoms with van der Waals surface area (Å²) in [5.74, 6) is 0.541. The molecule has 1 atom stereocenters. The molecule has 35 heavy (non-hydrogen) atoms. The molecule has 7 heteroatoms. The lowest BCUT2D eigenvalue weighted by Gasteiger charge is -2.33. The molecule has 1 fully saturated rings. The first kappa shape index (κ1) is 25.7. The van der Waals surface area contributed by atoms with Crippen LogP contribution in [0.3, 0.4) is 0 Å². The summed E-state index contributed by atoms with van der Waals surface area (Å²) < 4.78 is 26.6. The third kappa shape index (κ3) is 5.54. The van der Waals surface area contributed by atoms with Crippen LogP contribution >= 0.6 is 19.3 Å². The average Bonchev–Trinajstić information content (AvgIpc) is 3.07. The summed E-state index contributed by atoms with van der Waals surface area (Å²) in [5.41, 5.74) is 7.28. The first-order chi connectivity index (χ1) is 17.1. The molecular formula is C28H32ClN2O3P. The van der Waals surface area contributed by atoms with E-state index in [1.165, 1.54) is 34.9 Å². The number of benzene rings is 2. The van der Waals surface area contributed by atoms with Crippen LogP contribution in [-0.2, 0) is 21.9 Å². The summed E-state index contributed by atoms with van der Waals surface area (Å²) in [5, 5.41) is 0.755. The summed E-state index contributed by atoms with van der Waals surface area (Å²) in [7, 11) is -1.99. The highest BCUT2D eigenvalue weighted by atomic mass is 35.5. The van der Waals surface area contributed by atoms with E-state index in [9.17, 15) is 4.57 Å². The van der Waals surface area contributed by atoms with Gasteiger partial charge in [-0.2, -0.15) is 4.67 Å². The van der Waals surface area contributed by atoms with Crippen LogP contribution in [0.1, 0.15) is 49.1 Å². The Morgan fingerprint density at radius 1 is 0.914 bits per heavy atom. The number of piperidine rings is 1. The smallest absolute Gasteiger partial charge is 0.413 e. The number of fused-ring (bicyclic) bond motifs is 2. The Morgan fingerprint density at radius 3 is 2.34 bits per heavy atom. The minimum Gasteiger partial charge on any atom is -0.413 e. The molecule has 0 radical (unpaired) electrons. The van der Waals surface area contributed by atoms with Gasteiger partial charge in [0.25, 0.3) is 0 Å². The Hall–Kier alpha value is -2.43. The average molecular weight is 511 g/mol. The number of rotatable bonds is 4. The van der Waals surface area contributed by atoms with E-state index in [-0.39, 0.29) is 0 Å². The van der Waals surface area contributed by atoms with Crippen molar-refractivity contribution in [2.75, 3.05) is 20.2 Å². The molecule has 1 unspecified atom stereocenters. The molecule has 184 valence electrons. The zero-order valence-corrected chi connectivity index (χ0v) is 22.2. The van der Waals surface area contributed by atoms with Crippen molar-refractivity contribution in [3.05, 3.63) is 99.8 Å². The van der Waals surface area contributed by atoms with Crippen LogP contribution in [0.4, 0.5) is 0 Å². The molecule has 0 saturated carbocycles. The molecule has 0 N–H and O–H groups in total. The van der Waals surface area contributed by atoms with Crippen LogP contribution in [0, 0.1) is 0 Å². The fraction of sp³-hybridized carbons (Fsp3) is 0.321. The van der Waals surface area contributed by atoms with E-state index in [4.69, 9.17) is 25.6 Å². The van der Waals surface area contributed by atoms with Gasteiger partial charge in [-0.3, -0.25) is 9.51 Å². The van der Waals surface area contributed by atoms with Crippen LogP contribution in [0.2, 0.25) is 5.02 Å². The molecule has 5 nitrogen and oxygen atoms in total. The highest BCUT2D eigenvalue weighted by Crippen LogP contribution is 2.53. The molecular weight excluding hydrogens is 479 g/mol. The van der Waals surface area contributed by atoms with Gasteiger partial charge in [0.15, 0.2) is 0 Å². The van der Waals surface area contributed by atoms with Gasteiger partial charge in [0.1, 0.15) is 5.75 Å². The normalized spacial score (nSPS) is 17.3. The molecule has 0 spiro atoms. The lowest BCUT2D eigenvalue weighted by molar-refractivity contribution is 0.235. The number of halogens is 1. The molecule has 2 aromatic carbocycles. The van der Waals surface area contributed by atoms with E-state index in [0.29, 0.717) is 18.8 Å². The highest BCUT2D eigenvalue weighted by molar-refractivity contribution is 7.51. The fourth-order valence-corrected chi connectivity index (χ4v) is 6.41. The Kier molecular flexibility index (Phi) is 8.46. The third-order valence-electron chi connectivity index (χ3n) is 6.37. The van der Waals surface area contributed by atoms with Crippen molar-refractivity contribution in [2.24, 2.45) is 0 Å². The summed E-state index contributed by atoms with van der Waals surface area (Å²) in [6.45, 7) is 5.17. The van der Waals surface area contributed by atoms with Gasteiger partial charge in [-0.15, -0.1) is 0 Å². The van der Waals surface area contributed by atoms with Gasteiger partial charge in [0.05, 0.1) is 5.69 Å². The quantitative estimate of drug-likeness (QED) is 0.338. The predicted octanol–water partition coefficient (Wildman–Crippen LogP) is 7.59. The van der Waals surface area contributed by atoms with Gasteiger partial charge in [0.2, 0.25) is 0 Å². The standard InChI is InChI=1S/C26H26ClN2O3P.C2H6/c1-31-33(30,32-23-7-3-2-4-8-23)29-16-13-19(14-17-29)25-24-12-11-22(27)18-21(24)10-9-20-6-5-15-28-26(20)25;1-2/h2-8,11-12,15,18H,9-10,13-14,16-17H2,1H3;1-2H3. The van der Waals surface area contributed by atoms with Crippen molar-refractivity contribution in [1.29, 1.82) is 0 Å². The molecule has 5 rings (SSSR count). The zero-order chi connectivity index (χ0) is 24.8. The minimum atomic E-state index is -3.43. The van der Waals surface area contributed by atoms with E-state index < -0.39 is 7.75 Å². The highest BCUT2D eigenvalue weighted by Gasteiger charge is 2.37. The van der Waals surface area contributed by atoms with E-state index in [1.54, 1.807) is 12.1 Å². The maximum atomic E-state index is 13.5. The second-order valence-corrected chi connectivity index (χ2v) is 10.8. The fourth-order valence-electron chi connectivity index (χ4n) is 4.72. The Labute approximate surface area is 213 Å². The monoisotopic (exact) mass is 510 g/mol. The van der Waals surface area contributed by atoms with Gasteiger partial charge in [0, 0.05) is 37.0 Å². The van der Waals surface area contributed by atoms with Crippen LogP contribution in [0.5, 0.6) is 5.75 Å². The first-order valence-electron chi connectivity index (χ1n) is 12.2. The molecule has 1 aliphatic carbocycles. The van der Waals surface area contributed by atoms with Crippen LogP contribution in [0.15, 0.2) is 72.4 Å². The Morgan fingerprint density at radius 2 is 1.63 bits per heavy atom. The second-order valence-electron chi connectivity index (χ2n) is 8.30. The molecule has 0 amide bonds. The number of pyridine rings is 1. The number of hydrogen-bond donors (Lipinski definition) is 0. The minimum absolute atomic E-state index is 0.541. The van der Waals surface area contributed by atoms with Gasteiger partial charge in [-0.05, 0) is 72.7 Å². The maximum Gasteiger partial charge on any atom is 0.461 e. The molecule has 2 heterocycles. The van der Waals surface area contributed by atoms with Gasteiger partial charge in [-0.25, -0.2) is 4.57 Å². The number of aryl methyl sites for hydroxylation is 2. The lowest BCUT2D eigenvalue weighted by Crippen LogP contribution is -2.31. The van der Waals surface area contributed by atoms with Crippen molar-refractivity contribution < 1.29 is 13.6 Å². The maximum absolute atomic E-state index is 13.5. The largest absolute Gasteiger partial charge is 0.461 e. The lowest BCUT2D eigenvalue weighted by atomic mass is 9.89. The number of nitrogens with zero attached hydrogens (tertiary/aromatic N) is 2. The van der Waals surface area contributed by atoms with Gasteiger partial charge in [-0.1, -0.05) is 61.4 Å². The summed E-state index contributed by atoms with van der Waals surface area (Å²) in [6, 6.07) is 19.5. The van der Waals surface area contributed by atoms with Crippen LogP contribution in [-0.4, -0.2) is 29.9 Å². The van der Waals surface area contributed by atoms with E-state index >= 15 is 0 Å². The number of hydrogen-bond acceptors (Lipinski definition) is 4. The summed E-state index contributed by atoms with van der Waals surface area (Å²) in [4.78, 5) is 4.79. The Balaban J connectivity index is 0.00000141. The molecule has 1 aliphatic heterocycles. The SMILES string of the molecule is CC.COP(=O)(Oc1ccccc1)N1CCC(=C2c3ccc(Cl)cc3CCc3cccnc32)CC1. The summed E-state index contributed by atoms with van der Waals surface area (Å²) >= 11 is 6.33. The summed E-state index contributed by atoms with van der Waals surface area (Å²) in [6.07, 6.45) is 5.25. The van der Waals surface area contributed by atoms with Gasteiger partial charge >= 0.3 is 7.75 Å². The third-order valence-corrected chi connectivity index (χ3v) is 8.60. The molecule has 3 aromatic rings. The number of aromatic nitrogens is 1. The first-order valence-corrected chi connectivity index (χ1v) is 14.1. The van der Waals surface area contributed by atoms with Crippen molar-refractivity contribution >= 4 is 24.9 Å². The molecule has 1 saturated heterocycles. The molecule has 0 bridgehead atoms. The van der Waals surface area contributed by atoms with Gasteiger partial charge < -0.3 is 4.52 Å². The van der Waals surface area contributed by atoms with Crippen LogP contribution in [0.25, 0.3) is 5.57 Å². The van der Waals surface area contributed by atoms with Crippen molar-refractivity contribution in [3.63, 3.8) is 0 Å². The van der Waals surface area contributed by atoms with E-state index in [2.05, 4.69) is 18.2 Å². The van der Waals surface area contributed by atoms with Crippen molar-refractivity contribution in [2.45, 2.75) is 39.5 Å². The van der Waals surface area contributed by atoms with Crippen molar-refractivity contribution in [1.82, 2.24) is 9.65 Å². The molecule has 2 aliphatic rings. The van der Waals surface area contributed by atoms with Crippen LogP contribution < -0.4 is 4.52 Å².